The summed E-state index contributed by atoms with van der Waals surface area (Å²) in [4.78, 5) is 23.4. The van der Waals surface area contributed by atoms with Gasteiger partial charge in [-0.25, -0.2) is 4.98 Å². The molecule has 5 rings (SSSR count). The third kappa shape index (κ3) is 4.72. The Balaban J connectivity index is 1.25. The van der Waals surface area contributed by atoms with Crippen LogP contribution in [0, 0.1) is 6.92 Å². The lowest BCUT2D eigenvalue weighted by molar-refractivity contribution is -0.111. The number of carbonyl (C=O) groups excluding carboxylic acids is 1. The molecule has 4 aromatic rings. The Morgan fingerprint density at radius 2 is 1.69 bits per heavy atom. The van der Waals surface area contributed by atoms with E-state index in [1.165, 1.54) is 16.5 Å². The number of likely N-dealkylation sites (tertiary alicyclic amines) is 1. The minimum absolute atomic E-state index is 0.0164. The number of fused-ring (bicyclic) bond motifs is 2. The van der Waals surface area contributed by atoms with Crippen LogP contribution in [0.25, 0.3) is 21.8 Å². The highest BCUT2D eigenvalue weighted by atomic mass is 16.1. The Kier molecular flexibility index (Phi) is 6.42. The highest BCUT2D eigenvalue weighted by molar-refractivity contribution is 6.44. The van der Waals surface area contributed by atoms with Crippen molar-refractivity contribution in [2.45, 2.75) is 32.1 Å². The summed E-state index contributed by atoms with van der Waals surface area (Å²) in [7, 11) is 0. The van der Waals surface area contributed by atoms with Crippen molar-refractivity contribution in [3.05, 3.63) is 83.2 Å². The molecule has 2 aromatic carbocycles. The van der Waals surface area contributed by atoms with E-state index in [-0.39, 0.29) is 5.71 Å². The highest BCUT2D eigenvalue weighted by Crippen LogP contribution is 2.33. The number of piperidine rings is 1. The zero-order valence-electron chi connectivity index (χ0n) is 19.9. The van der Waals surface area contributed by atoms with E-state index in [0.717, 1.165) is 61.0 Å². The van der Waals surface area contributed by atoms with E-state index in [4.69, 9.17) is 16.6 Å². The van der Waals surface area contributed by atoms with Gasteiger partial charge in [-0.15, -0.1) is 0 Å². The largest absolute Gasteiger partial charge is 0.364 e. The number of carbonyl (C=O) groups is 1. The van der Waals surface area contributed by atoms with Crippen LogP contribution >= 0.6 is 0 Å². The lowest BCUT2D eigenvalue weighted by atomic mass is 9.87. The summed E-state index contributed by atoms with van der Waals surface area (Å²) >= 11 is 0. The van der Waals surface area contributed by atoms with Crippen molar-refractivity contribution in [3.63, 3.8) is 0 Å². The summed E-state index contributed by atoms with van der Waals surface area (Å²) in [6, 6.07) is 20.7. The first-order valence-corrected chi connectivity index (χ1v) is 12.1. The molecule has 4 N–H and O–H groups in total. The van der Waals surface area contributed by atoms with Crippen LogP contribution in [0.5, 0.6) is 0 Å². The van der Waals surface area contributed by atoms with Gasteiger partial charge in [-0.2, -0.15) is 5.10 Å². The Hall–Kier alpha value is -3.84. The maximum atomic E-state index is 11.6. The van der Waals surface area contributed by atoms with Crippen LogP contribution in [0.2, 0.25) is 0 Å². The lowest BCUT2D eigenvalue weighted by Gasteiger charge is -2.32. The van der Waals surface area contributed by atoms with Crippen LogP contribution in [-0.2, 0) is 11.2 Å². The van der Waals surface area contributed by atoms with Gasteiger partial charge < -0.3 is 16.5 Å². The third-order valence-electron chi connectivity index (χ3n) is 7.06. The van der Waals surface area contributed by atoms with E-state index >= 15 is 0 Å². The number of amides is 1. The molecule has 0 saturated carbocycles. The Morgan fingerprint density at radius 3 is 2.43 bits per heavy atom. The van der Waals surface area contributed by atoms with Crippen molar-refractivity contribution >= 4 is 33.4 Å². The van der Waals surface area contributed by atoms with Crippen molar-refractivity contribution < 1.29 is 4.79 Å². The molecule has 1 saturated heterocycles. The smallest absolute Gasteiger partial charge is 0.271 e. The molecule has 1 aliphatic heterocycles. The van der Waals surface area contributed by atoms with E-state index in [1.807, 2.05) is 25.1 Å². The van der Waals surface area contributed by atoms with Gasteiger partial charge in [0.1, 0.15) is 0 Å². The van der Waals surface area contributed by atoms with E-state index < -0.39 is 5.91 Å². The van der Waals surface area contributed by atoms with Gasteiger partial charge in [-0.3, -0.25) is 9.78 Å². The van der Waals surface area contributed by atoms with Gasteiger partial charge in [0.2, 0.25) is 0 Å². The first-order chi connectivity index (χ1) is 17.0. The Morgan fingerprint density at radius 1 is 0.971 bits per heavy atom. The number of nitrogens with zero attached hydrogens (tertiary/aromatic N) is 4. The number of rotatable bonds is 6. The third-order valence-corrected chi connectivity index (χ3v) is 7.06. The number of pyridine rings is 2. The van der Waals surface area contributed by atoms with E-state index in [1.54, 1.807) is 6.07 Å². The van der Waals surface area contributed by atoms with Crippen LogP contribution < -0.4 is 11.6 Å². The molecule has 1 aliphatic rings. The van der Waals surface area contributed by atoms with Crippen LogP contribution in [0.4, 0.5) is 0 Å². The maximum absolute atomic E-state index is 11.6. The summed E-state index contributed by atoms with van der Waals surface area (Å²) in [6.45, 7) is 5.22. The molecule has 178 valence electrons. The number of hydrogen-bond acceptors (Lipinski definition) is 6. The second-order valence-electron chi connectivity index (χ2n) is 9.25. The second kappa shape index (κ2) is 9.80. The van der Waals surface area contributed by atoms with Gasteiger partial charge in [0.15, 0.2) is 5.71 Å². The minimum atomic E-state index is -0.686. The summed E-state index contributed by atoms with van der Waals surface area (Å²) in [5.74, 6) is 5.21. The lowest BCUT2D eigenvalue weighted by Crippen LogP contribution is -2.34. The van der Waals surface area contributed by atoms with Crippen LogP contribution in [0.15, 0.2) is 65.8 Å². The SMILES string of the molecule is Cc1ccc2c(C3CCN(CCc4cccc5nc(C(=NN)C(N)=O)ccc45)CC3)cccc2n1. The monoisotopic (exact) mass is 466 g/mol. The fraction of sp³-hybridized carbons (Fsp3) is 0.286. The molecule has 3 heterocycles. The molecule has 0 bridgehead atoms. The number of hydrogen-bond donors (Lipinski definition) is 2. The number of hydrazone groups is 1. The summed E-state index contributed by atoms with van der Waals surface area (Å²) < 4.78 is 0. The molecular weight excluding hydrogens is 436 g/mol. The van der Waals surface area contributed by atoms with Gasteiger partial charge in [0.05, 0.1) is 16.7 Å². The normalized spacial score (nSPS) is 15.6. The number of primary amides is 1. The number of nitrogens with two attached hydrogens (primary N) is 2. The number of aryl methyl sites for hydroxylation is 1. The quantitative estimate of drug-likeness (QED) is 0.256. The van der Waals surface area contributed by atoms with Gasteiger partial charge >= 0.3 is 0 Å². The molecule has 7 heteroatoms. The zero-order valence-corrected chi connectivity index (χ0v) is 19.9. The van der Waals surface area contributed by atoms with Gasteiger partial charge in [0, 0.05) is 23.0 Å². The van der Waals surface area contributed by atoms with Crippen LogP contribution in [0.3, 0.4) is 0 Å². The average Bonchev–Trinajstić information content (AvgIpc) is 2.87. The molecule has 1 fully saturated rings. The molecule has 0 radical (unpaired) electrons. The molecule has 0 spiro atoms. The Labute approximate surface area is 204 Å². The van der Waals surface area contributed by atoms with Gasteiger partial charge in [-0.05, 0) is 80.6 Å². The first kappa shape index (κ1) is 22.9. The molecular formula is C28H30N6O. The van der Waals surface area contributed by atoms with Gasteiger partial charge in [0.25, 0.3) is 5.91 Å². The predicted octanol–water partition coefficient (Wildman–Crippen LogP) is 3.66. The van der Waals surface area contributed by atoms with E-state index in [9.17, 15) is 4.79 Å². The van der Waals surface area contributed by atoms with Gasteiger partial charge in [-0.1, -0.05) is 36.4 Å². The standard InChI is InChI=1S/C28H30N6O/c1-18-8-9-23-21(5-3-7-25(23)31-18)20-13-16-34(17-14-20)15-12-19-4-2-6-24-22(19)10-11-26(32-24)27(33-30)28(29)35/h2-11,20H,12-17,30H2,1H3,(H2,29,35). The molecule has 0 atom stereocenters. The van der Waals surface area contributed by atoms with Crippen LogP contribution in [-0.4, -0.2) is 46.1 Å². The zero-order chi connectivity index (χ0) is 24.4. The molecule has 7 nitrogen and oxygen atoms in total. The highest BCUT2D eigenvalue weighted by Gasteiger charge is 2.22. The number of aromatic nitrogens is 2. The van der Waals surface area contributed by atoms with E-state index in [2.05, 4.69) is 51.4 Å². The molecule has 0 aliphatic carbocycles. The van der Waals surface area contributed by atoms with Crippen LogP contribution in [0.1, 0.15) is 41.3 Å². The summed E-state index contributed by atoms with van der Waals surface area (Å²) in [6.07, 6.45) is 3.25. The summed E-state index contributed by atoms with van der Waals surface area (Å²) in [5.41, 5.74) is 11.4. The van der Waals surface area contributed by atoms with Crippen molar-refractivity contribution in [3.8, 4) is 0 Å². The number of benzene rings is 2. The Bertz CT molecular complexity index is 1420. The molecule has 35 heavy (non-hydrogen) atoms. The fourth-order valence-electron chi connectivity index (χ4n) is 5.21. The summed E-state index contributed by atoms with van der Waals surface area (Å²) in [5, 5.41) is 5.87. The molecule has 1 amide bonds. The van der Waals surface area contributed by atoms with Crippen molar-refractivity contribution in [2.24, 2.45) is 16.7 Å². The average molecular weight is 467 g/mol. The van der Waals surface area contributed by atoms with Crippen molar-refractivity contribution in [1.82, 2.24) is 14.9 Å². The first-order valence-electron chi connectivity index (χ1n) is 12.1. The van der Waals surface area contributed by atoms with Crippen molar-refractivity contribution in [2.75, 3.05) is 19.6 Å². The molecule has 2 aromatic heterocycles. The predicted molar refractivity (Wildman–Crippen MR) is 140 cm³/mol. The van der Waals surface area contributed by atoms with E-state index in [0.29, 0.717) is 11.6 Å². The molecule has 0 unspecified atom stereocenters. The fourth-order valence-corrected chi connectivity index (χ4v) is 5.21. The minimum Gasteiger partial charge on any atom is -0.364 e. The van der Waals surface area contributed by atoms with Crippen molar-refractivity contribution in [1.29, 1.82) is 0 Å². The maximum Gasteiger partial charge on any atom is 0.271 e. The second-order valence-corrected chi connectivity index (χ2v) is 9.25. The topological polar surface area (TPSA) is 110 Å².